The number of nitrogens with one attached hydrogen (secondary N) is 1. The molecule has 0 aliphatic carbocycles. The Hall–Kier alpha value is -1.56. The first-order valence-electron chi connectivity index (χ1n) is 5.44. The predicted molar refractivity (Wildman–Crippen MR) is 74.2 cm³/mol. The lowest BCUT2D eigenvalue weighted by Gasteiger charge is -2.10. The zero-order valence-corrected chi connectivity index (χ0v) is 12.0. The highest BCUT2D eigenvalue weighted by Crippen LogP contribution is 2.17. The van der Waals surface area contributed by atoms with Crippen molar-refractivity contribution in [1.29, 1.82) is 0 Å². The normalized spacial score (nSPS) is 9.94. The van der Waals surface area contributed by atoms with E-state index in [2.05, 4.69) is 21.2 Å². The van der Waals surface area contributed by atoms with Crippen LogP contribution >= 0.6 is 15.9 Å². The molecule has 0 fully saturated rings. The summed E-state index contributed by atoms with van der Waals surface area (Å²) < 4.78 is 0.747. The first kappa shape index (κ1) is 14.5. The van der Waals surface area contributed by atoms with Crippen LogP contribution in [-0.4, -0.2) is 37.4 Å². The molecule has 0 aliphatic rings. The van der Waals surface area contributed by atoms with E-state index in [9.17, 15) is 9.59 Å². The summed E-state index contributed by atoms with van der Waals surface area (Å²) in [4.78, 5) is 24.6. The predicted octanol–water partition coefficient (Wildman–Crippen LogP) is 1.24. The molecule has 0 heterocycles. The second-order valence-corrected chi connectivity index (χ2v) is 4.98. The van der Waals surface area contributed by atoms with Crippen LogP contribution in [0.15, 0.2) is 22.7 Å². The van der Waals surface area contributed by atoms with Gasteiger partial charge in [0.1, 0.15) is 0 Å². The summed E-state index contributed by atoms with van der Waals surface area (Å²) in [5, 5.41) is 2.68. The monoisotopic (exact) mass is 313 g/mol. The molecule has 0 saturated heterocycles. The third-order valence-corrected chi connectivity index (χ3v) is 2.76. The lowest BCUT2D eigenvalue weighted by Crippen LogP contribution is -2.30. The van der Waals surface area contributed by atoms with Gasteiger partial charge in [0.2, 0.25) is 5.91 Å². The van der Waals surface area contributed by atoms with Gasteiger partial charge in [0, 0.05) is 42.8 Å². The van der Waals surface area contributed by atoms with Crippen molar-refractivity contribution in [3.8, 4) is 0 Å². The van der Waals surface area contributed by atoms with Crippen LogP contribution in [-0.2, 0) is 4.79 Å². The second kappa shape index (κ2) is 6.39. The fourth-order valence-electron chi connectivity index (χ4n) is 1.35. The fraction of sp³-hybridized carbons (Fsp3) is 0.333. The van der Waals surface area contributed by atoms with Crippen LogP contribution in [0.3, 0.4) is 0 Å². The van der Waals surface area contributed by atoms with Gasteiger partial charge in [-0.25, -0.2) is 0 Å². The zero-order chi connectivity index (χ0) is 13.7. The Bertz CT molecular complexity index is 440. The Labute approximate surface area is 114 Å². The Morgan fingerprint density at radius 2 is 2.00 bits per heavy atom. The van der Waals surface area contributed by atoms with Gasteiger partial charge < -0.3 is 16.0 Å². The minimum atomic E-state index is -0.241. The average Bonchev–Trinajstić information content (AvgIpc) is 2.27. The molecule has 0 radical (unpaired) electrons. The van der Waals surface area contributed by atoms with Crippen molar-refractivity contribution in [2.75, 3.05) is 26.4 Å². The summed E-state index contributed by atoms with van der Waals surface area (Å²) in [6, 6.07) is 4.99. The number of carbonyl (C=O) groups excluding carboxylic acids is 2. The van der Waals surface area contributed by atoms with Crippen LogP contribution in [0.1, 0.15) is 16.8 Å². The van der Waals surface area contributed by atoms with Gasteiger partial charge in [-0.3, -0.25) is 9.59 Å². The largest absolute Gasteiger partial charge is 0.399 e. The summed E-state index contributed by atoms with van der Waals surface area (Å²) in [7, 11) is 3.36. The van der Waals surface area contributed by atoms with E-state index >= 15 is 0 Å². The van der Waals surface area contributed by atoms with Crippen molar-refractivity contribution < 1.29 is 9.59 Å². The standard InChI is InChI=1S/C12H16BrN3O2/c1-16(2)11(17)3-4-15-12(18)8-5-9(13)7-10(14)6-8/h5-7H,3-4,14H2,1-2H3,(H,15,18). The van der Waals surface area contributed by atoms with Crippen molar-refractivity contribution >= 4 is 33.4 Å². The molecule has 98 valence electrons. The molecular weight excluding hydrogens is 298 g/mol. The van der Waals surface area contributed by atoms with Gasteiger partial charge in [0.05, 0.1) is 0 Å². The average molecular weight is 314 g/mol. The smallest absolute Gasteiger partial charge is 0.251 e. The molecule has 3 N–H and O–H groups in total. The summed E-state index contributed by atoms with van der Waals surface area (Å²) in [5.41, 5.74) is 6.63. The van der Waals surface area contributed by atoms with Crippen molar-refractivity contribution in [2.24, 2.45) is 0 Å². The first-order valence-corrected chi connectivity index (χ1v) is 6.24. The van der Waals surface area contributed by atoms with Crippen molar-refractivity contribution in [2.45, 2.75) is 6.42 Å². The van der Waals surface area contributed by atoms with E-state index in [0.29, 0.717) is 17.8 Å². The fourth-order valence-corrected chi connectivity index (χ4v) is 1.86. The molecule has 1 aromatic rings. The molecule has 1 aromatic carbocycles. The molecule has 0 aliphatic heterocycles. The highest BCUT2D eigenvalue weighted by Gasteiger charge is 2.08. The number of nitrogens with two attached hydrogens (primary N) is 1. The number of nitrogens with zero attached hydrogens (tertiary/aromatic N) is 1. The van der Waals surface area contributed by atoms with E-state index < -0.39 is 0 Å². The topological polar surface area (TPSA) is 75.4 Å². The minimum Gasteiger partial charge on any atom is -0.399 e. The third-order valence-electron chi connectivity index (χ3n) is 2.31. The zero-order valence-electron chi connectivity index (χ0n) is 10.4. The van der Waals surface area contributed by atoms with Crippen LogP contribution in [0.4, 0.5) is 5.69 Å². The lowest BCUT2D eigenvalue weighted by atomic mass is 10.2. The van der Waals surface area contributed by atoms with Crippen molar-refractivity contribution in [1.82, 2.24) is 10.2 Å². The number of halogens is 1. The van der Waals surface area contributed by atoms with Gasteiger partial charge in [0.25, 0.3) is 5.91 Å². The molecule has 0 aromatic heterocycles. The maximum atomic E-state index is 11.8. The third kappa shape index (κ3) is 4.37. The molecule has 2 amide bonds. The number of carbonyl (C=O) groups is 2. The first-order chi connectivity index (χ1) is 8.40. The van der Waals surface area contributed by atoms with Crippen LogP contribution in [0, 0.1) is 0 Å². The van der Waals surface area contributed by atoms with Gasteiger partial charge >= 0.3 is 0 Å². The summed E-state index contributed by atoms with van der Waals surface area (Å²) >= 11 is 3.27. The van der Waals surface area contributed by atoms with Crippen LogP contribution in [0.25, 0.3) is 0 Å². The molecule has 0 atom stereocenters. The molecule has 0 saturated carbocycles. The lowest BCUT2D eigenvalue weighted by molar-refractivity contribution is -0.128. The summed E-state index contributed by atoms with van der Waals surface area (Å²) in [5.74, 6) is -0.265. The van der Waals surface area contributed by atoms with Gasteiger partial charge in [-0.15, -0.1) is 0 Å². The highest BCUT2D eigenvalue weighted by atomic mass is 79.9. The number of hydrogen-bond acceptors (Lipinski definition) is 3. The molecule has 6 heteroatoms. The number of benzene rings is 1. The van der Waals surface area contributed by atoms with E-state index in [1.807, 2.05) is 0 Å². The summed E-state index contributed by atoms with van der Waals surface area (Å²) in [6.07, 6.45) is 0.280. The Balaban J connectivity index is 2.53. The van der Waals surface area contributed by atoms with Crippen molar-refractivity contribution in [3.05, 3.63) is 28.2 Å². The van der Waals surface area contributed by atoms with Crippen LogP contribution in [0.2, 0.25) is 0 Å². The summed E-state index contributed by atoms with van der Waals surface area (Å²) in [6.45, 7) is 0.308. The van der Waals surface area contributed by atoms with Gasteiger partial charge in [-0.2, -0.15) is 0 Å². The molecule has 0 unspecified atom stereocenters. The van der Waals surface area contributed by atoms with E-state index in [1.54, 1.807) is 32.3 Å². The van der Waals surface area contributed by atoms with Gasteiger partial charge in [-0.1, -0.05) is 15.9 Å². The second-order valence-electron chi connectivity index (χ2n) is 4.07. The molecule has 1 rings (SSSR count). The SMILES string of the molecule is CN(C)C(=O)CCNC(=O)c1cc(N)cc(Br)c1. The molecule has 0 spiro atoms. The van der Waals surface area contributed by atoms with Gasteiger partial charge in [-0.05, 0) is 18.2 Å². The quantitative estimate of drug-likeness (QED) is 0.821. The number of nitrogen functional groups attached to an aromatic ring is 1. The Morgan fingerprint density at radius 1 is 1.33 bits per heavy atom. The van der Waals surface area contributed by atoms with Crippen LogP contribution in [0.5, 0.6) is 0 Å². The maximum absolute atomic E-state index is 11.8. The molecule has 18 heavy (non-hydrogen) atoms. The molecule has 5 nitrogen and oxygen atoms in total. The maximum Gasteiger partial charge on any atom is 0.251 e. The Morgan fingerprint density at radius 3 is 2.56 bits per heavy atom. The number of hydrogen-bond donors (Lipinski definition) is 2. The highest BCUT2D eigenvalue weighted by molar-refractivity contribution is 9.10. The number of anilines is 1. The number of rotatable bonds is 4. The minimum absolute atomic E-state index is 0.0240. The number of amides is 2. The van der Waals surface area contributed by atoms with Gasteiger partial charge in [0.15, 0.2) is 0 Å². The van der Waals surface area contributed by atoms with Crippen molar-refractivity contribution in [3.63, 3.8) is 0 Å². The van der Waals surface area contributed by atoms with Crippen LogP contribution < -0.4 is 11.1 Å². The molecular formula is C12H16BrN3O2. The van der Waals surface area contributed by atoms with E-state index in [-0.39, 0.29) is 18.2 Å². The van der Waals surface area contributed by atoms with E-state index in [4.69, 9.17) is 5.73 Å². The van der Waals surface area contributed by atoms with E-state index in [1.165, 1.54) is 4.90 Å². The van der Waals surface area contributed by atoms with E-state index in [0.717, 1.165) is 4.47 Å². The molecule has 0 bridgehead atoms. The Kier molecular flexibility index (Phi) is 5.15.